The first-order valence-corrected chi connectivity index (χ1v) is 15.8. The van der Waals surface area contributed by atoms with Crippen LogP contribution in [0.3, 0.4) is 0 Å². The molecule has 0 saturated carbocycles. The van der Waals surface area contributed by atoms with E-state index in [1.165, 1.54) is 52.2 Å². The number of rotatable bonds is 10. The van der Waals surface area contributed by atoms with Gasteiger partial charge in [-0.2, -0.15) is 18.3 Å². The molecule has 7 nitrogen and oxygen atoms in total. The lowest BCUT2D eigenvalue weighted by Crippen LogP contribution is -2.47. The number of aromatic nitrogens is 2. The second-order valence-electron chi connectivity index (χ2n) is 12.0. The van der Waals surface area contributed by atoms with E-state index in [1.807, 2.05) is 60.7 Å². The summed E-state index contributed by atoms with van der Waals surface area (Å²) in [5.74, 6) is -2.42. The number of amides is 1. The van der Waals surface area contributed by atoms with Crippen LogP contribution in [0, 0.1) is 5.82 Å². The van der Waals surface area contributed by atoms with E-state index in [4.69, 9.17) is 4.74 Å². The monoisotopic (exact) mass is 671 g/mol. The van der Waals surface area contributed by atoms with Crippen molar-refractivity contribution >= 4 is 5.91 Å². The number of carbonyl (C=O) groups is 1. The Hall–Kier alpha value is -5.29. The van der Waals surface area contributed by atoms with Crippen molar-refractivity contribution in [3.05, 3.63) is 165 Å². The number of aliphatic hydroxyl groups excluding tert-OH is 1. The molecule has 1 fully saturated rings. The van der Waals surface area contributed by atoms with Crippen LogP contribution in [0.2, 0.25) is 0 Å². The van der Waals surface area contributed by atoms with E-state index in [1.54, 1.807) is 0 Å². The third-order valence-electron chi connectivity index (χ3n) is 8.66. The standard InChI is InChI=1S/C38H33F4N3O4/c39-30-18-16-27(17-19-30)33(28-13-7-14-29(21-28)38(40,41)42)35(46)31-15-8-20-45(31)37(48)34-36(47)32(49-24-26-11-5-2-6-12-26)23-44(43-34)22-25-9-3-1-4-10-25/h1-7,9-14,16-19,21,23,31,33,35,46H,8,15,20,22,24H2/t31-,33-,35+/m1/s1. The van der Waals surface area contributed by atoms with Gasteiger partial charge in [-0.3, -0.25) is 14.3 Å². The number of ether oxygens (including phenoxy) is 1. The summed E-state index contributed by atoms with van der Waals surface area (Å²) < 4.78 is 62.4. The van der Waals surface area contributed by atoms with Crippen molar-refractivity contribution < 1.29 is 32.2 Å². The van der Waals surface area contributed by atoms with E-state index in [0.29, 0.717) is 18.4 Å². The first-order valence-electron chi connectivity index (χ1n) is 15.8. The number of aliphatic hydroxyl groups is 1. The van der Waals surface area contributed by atoms with Crippen molar-refractivity contribution in [3.63, 3.8) is 0 Å². The van der Waals surface area contributed by atoms with Crippen LogP contribution in [-0.2, 0) is 19.3 Å². The van der Waals surface area contributed by atoms with Gasteiger partial charge >= 0.3 is 6.18 Å². The summed E-state index contributed by atoms with van der Waals surface area (Å²) in [6.45, 7) is 0.478. The number of likely N-dealkylation sites (tertiary alicyclic amines) is 1. The number of nitrogens with zero attached hydrogens (tertiary/aromatic N) is 3. The first-order chi connectivity index (χ1) is 23.6. The normalized spacial score (nSPS) is 15.9. The molecular formula is C38H33F4N3O4. The van der Waals surface area contributed by atoms with E-state index in [0.717, 1.165) is 23.3 Å². The van der Waals surface area contributed by atoms with Gasteiger partial charge in [0.25, 0.3) is 11.3 Å². The molecular weight excluding hydrogens is 638 g/mol. The van der Waals surface area contributed by atoms with Crippen molar-refractivity contribution in [1.29, 1.82) is 0 Å². The highest BCUT2D eigenvalue weighted by molar-refractivity contribution is 5.93. The molecule has 252 valence electrons. The van der Waals surface area contributed by atoms with Crippen LogP contribution in [0.5, 0.6) is 5.75 Å². The van der Waals surface area contributed by atoms with Gasteiger partial charge in [-0.05, 0) is 53.3 Å². The highest BCUT2D eigenvalue weighted by Crippen LogP contribution is 2.38. The molecule has 0 unspecified atom stereocenters. The number of alkyl halides is 3. The largest absolute Gasteiger partial charge is 0.483 e. The Kier molecular flexibility index (Phi) is 9.91. The van der Waals surface area contributed by atoms with Crippen LogP contribution in [0.4, 0.5) is 17.6 Å². The van der Waals surface area contributed by atoms with Crippen LogP contribution in [0.25, 0.3) is 0 Å². The minimum atomic E-state index is -4.64. The summed E-state index contributed by atoms with van der Waals surface area (Å²) in [6.07, 6.45) is -3.82. The highest BCUT2D eigenvalue weighted by atomic mass is 19.4. The molecule has 1 aliphatic rings. The number of hydrogen-bond acceptors (Lipinski definition) is 5. The van der Waals surface area contributed by atoms with Crippen LogP contribution in [0.1, 0.15) is 57.1 Å². The Bertz CT molecular complexity index is 1950. The van der Waals surface area contributed by atoms with Crippen LogP contribution in [-0.4, -0.2) is 44.4 Å². The molecule has 3 atom stereocenters. The summed E-state index contributed by atoms with van der Waals surface area (Å²) in [7, 11) is 0. The molecule has 1 saturated heterocycles. The van der Waals surface area contributed by atoms with Gasteiger partial charge in [0.05, 0.1) is 30.5 Å². The lowest BCUT2D eigenvalue weighted by Gasteiger charge is -2.34. The molecule has 1 amide bonds. The first kappa shape index (κ1) is 33.6. The van der Waals surface area contributed by atoms with Gasteiger partial charge in [0, 0.05) is 12.5 Å². The predicted molar refractivity (Wildman–Crippen MR) is 175 cm³/mol. The van der Waals surface area contributed by atoms with Gasteiger partial charge in [-0.15, -0.1) is 0 Å². The lowest BCUT2D eigenvalue weighted by molar-refractivity contribution is -0.137. The maximum Gasteiger partial charge on any atom is 0.416 e. The van der Waals surface area contributed by atoms with Crippen molar-refractivity contribution in [2.45, 2.75) is 50.2 Å². The fraction of sp³-hybridized carbons (Fsp3) is 0.237. The average molecular weight is 672 g/mol. The zero-order chi connectivity index (χ0) is 34.5. The third-order valence-corrected chi connectivity index (χ3v) is 8.66. The summed E-state index contributed by atoms with van der Waals surface area (Å²) in [5, 5.41) is 16.3. The summed E-state index contributed by atoms with van der Waals surface area (Å²) in [5.41, 5.74) is 0.157. The molecule has 4 aromatic carbocycles. The highest BCUT2D eigenvalue weighted by Gasteiger charge is 2.41. The summed E-state index contributed by atoms with van der Waals surface area (Å²) in [6, 6.07) is 27.4. The molecule has 49 heavy (non-hydrogen) atoms. The van der Waals surface area contributed by atoms with E-state index in [-0.39, 0.29) is 31.0 Å². The third kappa shape index (κ3) is 7.73. The Morgan fingerprint density at radius 3 is 2.24 bits per heavy atom. The molecule has 2 heterocycles. The van der Waals surface area contributed by atoms with Crippen molar-refractivity contribution in [2.75, 3.05) is 6.54 Å². The molecule has 0 aliphatic carbocycles. The maximum absolute atomic E-state index is 14.2. The summed E-state index contributed by atoms with van der Waals surface area (Å²) >= 11 is 0. The van der Waals surface area contributed by atoms with Gasteiger partial charge in [-0.25, -0.2) is 4.39 Å². The van der Waals surface area contributed by atoms with Crippen LogP contribution in [0.15, 0.2) is 120 Å². The van der Waals surface area contributed by atoms with E-state index >= 15 is 0 Å². The minimum absolute atomic E-state index is 0.0699. The fourth-order valence-electron chi connectivity index (χ4n) is 6.27. The Morgan fingerprint density at radius 2 is 1.57 bits per heavy atom. The quantitative estimate of drug-likeness (QED) is 0.165. The van der Waals surface area contributed by atoms with E-state index in [9.17, 15) is 32.3 Å². The SMILES string of the molecule is O=C(c1nn(Cc2ccccc2)cc(OCc2ccccc2)c1=O)N1CCC[C@@H]1[C@H](O)[C@H](c1ccc(F)cc1)c1cccc(C(F)(F)F)c1. The molecule has 0 spiro atoms. The second kappa shape index (κ2) is 14.4. The lowest BCUT2D eigenvalue weighted by atomic mass is 9.82. The van der Waals surface area contributed by atoms with Crippen molar-refractivity contribution in [1.82, 2.24) is 14.7 Å². The zero-order valence-electron chi connectivity index (χ0n) is 26.3. The van der Waals surface area contributed by atoms with Gasteiger partial charge < -0.3 is 14.7 Å². The van der Waals surface area contributed by atoms with Gasteiger partial charge in [0.1, 0.15) is 12.4 Å². The van der Waals surface area contributed by atoms with Gasteiger partial charge in [0.15, 0.2) is 11.4 Å². The predicted octanol–water partition coefficient (Wildman–Crippen LogP) is 6.83. The number of hydrogen-bond donors (Lipinski definition) is 1. The number of carbonyl (C=O) groups excluding carboxylic acids is 1. The molecule has 5 aromatic rings. The Balaban J connectivity index is 1.36. The zero-order valence-corrected chi connectivity index (χ0v) is 26.3. The molecule has 6 rings (SSSR count). The molecule has 0 radical (unpaired) electrons. The molecule has 1 N–H and O–H groups in total. The summed E-state index contributed by atoms with van der Waals surface area (Å²) in [4.78, 5) is 29.3. The van der Waals surface area contributed by atoms with Crippen LogP contribution < -0.4 is 10.2 Å². The molecule has 0 bridgehead atoms. The maximum atomic E-state index is 14.2. The molecule has 1 aliphatic heterocycles. The Labute approximate surface area is 280 Å². The van der Waals surface area contributed by atoms with E-state index < -0.39 is 52.7 Å². The Morgan fingerprint density at radius 1 is 0.898 bits per heavy atom. The second-order valence-corrected chi connectivity index (χ2v) is 12.0. The minimum Gasteiger partial charge on any atom is -0.483 e. The van der Waals surface area contributed by atoms with E-state index in [2.05, 4.69) is 5.10 Å². The molecule has 1 aromatic heterocycles. The molecule has 11 heteroatoms. The smallest absolute Gasteiger partial charge is 0.416 e. The van der Waals surface area contributed by atoms with Crippen molar-refractivity contribution in [2.24, 2.45) is 0 Å². The van der Waals surface area contributed by atoms with Gasteiger partial charge in [0.2, 0.25) is 0 Å². The topological polar surface area (TPSA) is 84.7 Å². The van der Waals surface area contributed by atoms with Gasteiger partial charge in [-0.1, -0.05) is 91.0 Å². The average Bonchev–Trinajstić information content (AvgIpc) is 3.60. The van der Waals surface area contributed by atoms with Crippen molar-refractivity contribution in [3.8, 4) is 5.75 Å². The number of halogens is 4. The fourth-order valence-corrected chi connectivity index (χ4v) is 6.27. The number of benzene rings is 4. The van der Waals surface area contributed by atoms with Crippen LogP contribution >= 0.6 is 0 Å².